The summed E-state index contributed by atoms with van der Waals surface area (Å²) >= 11 is 0. The van der Waals surface area contributed by atoms with Crippen molar-refractivity contribution < 1.29 is 0 Å². The third-order valence-electron chi connectivity index (χ3n) is 12.0. The van der Waals surface area contributed by atoms with Crippen molar-refractivity contribution in [3.05, 3.63) is 212 Å². The number of para-hydroxylation sites is 4. The Morgan fingerprint density at radius 1 is 0.310 bits per heavy atom. The summed E-state index contributed by atoms with van der Waals surface area (Å²) in [6, 6.07) is 76.7. The third kappa shape index (κ3) is 4.87. The fraction of sp³-hybridized carbons (Fsp3) is 0. The Labute approximate surface area is 335 Å². The molecule has 0 amide bonds. The van der Waals surface area contributed by atoms with E-state index in [-0.39, 0.29) is 6.71 Å². The summed E-state index contributed by atoms with van der Waals surface area (Å²) in [4.78, 5) is 5.47. The average Bonchev–Trinajstić information content (AvgIpc) is 3.93. The zero-order valence-corrected chi connectivity index (χ0v) is 31.6. The fourth-order valence-electron chi connectivity index (χ4n) is 9.57. The molecule has 8 aromatic carbocycles. The summed E-state index contributed by atoms with van der Waals surface area (Å²) in [7, 11) is 0. The second-order valence-corrected chi connectivity index (χ2v) is 15.1. The average molecular weight is 739 g/mol. The van der Waals surface area contributed by atoms with Gasteiger partial charge in [0.1, 0.15) is 11.6 Å². The van der Waals surface area contributed by atoms with Gasteiger partial charge in [0.15, 0.2) is 0 Å². The molecule has 0 bridgehead atoms. The highest BCUT2D eigenvalue weighted by molar-refractivity contribution is 6.95. The van der Waals surface area contributed by atoms with Crippen molar-refractivity contribution >= 4 is 88.5 Å². The number of aromatic nitrogens is 4. The molecule has 4 aromatic heterocycles. The van der Waals surface area contributed by atoms with Crippen LogP contribution in [0.4, 0.5) is 0 Å². The van der Waals surface area contributed by atoms with Gasteiger partial charge in [-0.1, -0.05) is 174 Å². The summed E-state index contributed by atoms with van der Waals surface area (Å²) in [5.74, 6) is 1.77. The van der Waals surface area contributed by atoms with E-state index in [1.807, 2.05) is 0 Å². The topological polar surface area (TPSA) is 27.7 Å². The van der Waals surface area contributed by atoms with Crippen LogP contribution >= 0.6 is 0 Å². The van der Waals surface area contributed by atoms with E-state index in [0.717, 1.165) is 39.4 Å². The van der Waals surface area contributed by atoms with Crippen LogP contribution in [0.15, 0.2) is 212 Å². The van der Waals surface area contributed by atoms with Crippen LogP contribution in [0.5, 0.6) is 0 Å². The molecule has 5 heteroatoms. The number of benzene rings is 8. The second-order valence-electron chi connectivity index (χ2n) is 15.1. The van der Waals surface area contributed by atoms with Gasteiger partial charge in [0.2, 0.25) is 6.71 Å². The van der Waals surface area contributed by atoms with Gasteiger partial charge in [-0.05, 0) is 54.6 Å². The summed E-state index contributed by atoms with van der Waals surface area (Å²) in [5, 5.41) is 7.31. The third-order valence-corrected chi connectivity index (χ3v) is 12.0. The lowest BCUT2D eigenvalue weighted by Gasteiger charge is -2.17. The van der Waals surface area contributed by atoms with Crippen molar-refractivity contribution in [3.63, 3.8) is 0 Å². The lowest BCUT2D eigenvalue weighted by Crippen LogP contribution is -2.51. The summed E-state index contributed by atoms with van der Waals surface area (Å²) < 4.78 is 7.13. The molecule has 58 heavy (non-hydrogen) atoms. The van der Waals surface area contributed by atoms with Gasteiger partial charge in [-0.3, -0.25) is 9.13 Å². The van der Waals surface area contributed by atoms with E-state index in [0.29, 0.717) is 0 Å². The van der Waals surface area contributed by atoms with Crippen LogP contribution in [0, 0.1) is 0 Å². The lowest BCUT2D eigenvalue weighted by molar-refractivity contribution is 1.01. The van der Waals surface area contributed by atoms with Crippen LogP contribution < -0.4 is 16.4 Å². The quantitative estimate of drug-likeness (QED) is 0.156. The molecule has 4 nitrogen and oxygen atoms in total. The summed E-state index contributed by atoms with van der Waals surface area (Å²) in [5.41, 5.74) is 11.8. The zero-order valence-electron chi connectivity index (χ0n) is 31.6. The minimum absolute atomic E-state index is 0.0882. The summed E-state index contributed by atoms with van der Waals surface area (Å²) in [6.45, 7) is 0.0882. The molecule has 0 N–H and O–H groups in total. The number of hydrogen-bond donors (Lipinski definition) is 0. The van der Waals surface area contributed by atoms with E-state index < -0.39 is 0 Å². The molecular formula is C53H35BN4. The first-order chi connectivity index (χ1) is 28.8. The van der Waals surface area contributed by atoms with Gasteiger partial charge >= 0.3 is 0 Å². The Balaban J connectivity index is 1.12. The maximum atomic E-state index is 5.47. The fourth-order valence-corrected chi connectivity index (χ4v) is 9.57. The van der Waals surface area contributed by atoms with Crippen molar-refractivity contribution in [2.24, 2.45) is 0 Å². The molecule has 0 spiro atoms. The Hall–Kier alpha value is -7.63. The van der Waals surface area contributed by atoms with Gasteiger partial charge in [-0.2, -0.15) is 0 Å². The standard InChI is InChI=1S/C53H35BN4/c1-3-17-36(18-4-1)54(37-19-5-2-6-20-37)38-21-15-22-39(35-38)56-45-27-11-9-25-42(45)43-33-34-49-52(53(43)56)44-26-10-14-30-48(44)58(49)51-32-16-31-50(55-51)57-46-28-12-7-23-40(46)41-24-8-13-29-47(41)57/h1-35H. The normalized spacial score (nSPS) is 11.8. The van der Waals surface area contributed by atoms with E-state index >= 15 is 0 Å². The molecule has 0 atom stereocenters. The number of nitrogens with zero attached hydrogens (tertiary/aromatic N) is 4. The molecular weight excluding hydrogens is 703 g/mol. The number of hydrogen-bond acceptors (Lipinski definition) is 1. The molecule has 0 radical (unpaired) electrons. The molecule has 0 fully saturated rings. The molecule has 0 aliphatic carbocycles. The molecule has 270 valence electrons. The molecule has 12 rings (SSSR count). The van der Waals surface area contributed by atoms with Crippen molar-refractivity contribution in [1.82, 2.24) is 18.7 Å². The van der Waals surface area contributed by atoms with Crippen LogP contribution in [-0.4, -0.2) is 25.4 Å². The van der Waals surface area contributed by atoms with Gasteiger partial charge in [0.05, 0.1) is 33.1 Å². The molecule has 0 aliphatic rings. The minimum atomic E-state index is 0.0882. The first kappa shape index (κ1) is 32.6. The highest BCUT2D eigenvalue weighted by Gasteiger charge is 2.25. The first-order valence-corrected chi connectivity index (χ1v) is 19.9. The highest BCUT2D eigenvalue weighted by Crippen LogP contribution is 2.42. The van der Waals surface area contributed by atoms with Crippen molar-refractivity contribution in [1.29, 1.82) is 0 Å². The van der Waals surface area contributed by atoms with Crippen molar-refractivity contribution in [3.8, 4) is 17.3 Å². The van der Waals surface area contributed by atoms with E-state index in [1.54, 1.807) is 0 Å². The lowest BCUT2D eigenvalue weighted by atomic mass is 9.37. The van der Waals surface area contributed by atoms with Crippen molar-refractivity contribution in [2.75, 3.05) is 0 Å². The Bertz CT molecular complexity index is 3430. The molecule has 0 saturated carbocycles. The van der Waals surface area contributed by atoms with Gasteiger partial charge < -0.3 is 4.57 Å². The van der Waals surface area contributed by atoms with E-state index in [9.17, 15) is 0 Å². The Kier molecular flexibility index (Phi) is 7.29. The molecule has 0 unspecified atom stereocenters. The number of rotatable bonds is 6. The SMILES string of the molecule is c1ccc(B(c2ccccc2)c2cccc(-n3c4ccccc4c4ccc5c(c6ccccc6n5-c5cccc(-n6c7ccccc7c7ccccc76)n5)c43)c2)cc1. The maximum Gasteiger partial charge on any atom is 0.241 e. The van der Waals surface area contributed by atoms with Gasteiger partial charge in [0.25, 0.3) is 0 Å². The molecule has 0 saturated heterocycles. The largest absolute Gasteiger partial charge is 0.309 e. The summed E-state index contributed by atoms with van der Waals surface area (Å²) in [6.07, 6.45) is 0. The second kappa shape index (κ2) is 13.0. The number of fused-ring (bicyclic) bond motifs is 10. The van der Waals surface area contributed by atoms with Crippen LogP contribution in [0.2, 0.25) is 0 Å². The van der Waals surface area contributed by atoms with Gasteiger partial charge in [-0.25, -0.2) is 4.98 Å². The number of pyridine rings is 1. The van der Waals surface area contributed by atoms with E-state index in [2.05, 4.69) is 226 Å². The molecule has 0 aliphatic heterocycles. The van der Waals surface area contributed by atoms with Gasteiger partial charge in [-0.15, -0.1) is 0 Å². The minimum Gasteiger partial charge on any atom is -0.309 e. The highest BCUT2D eigenvalue weighted by atomic mass is 15.1. The smallest absolute Gasteiger partial charge is 0.241 e. The Morgan fingerprint density at radius 3 is 1.36 bits per heavy atom. The molecule has 4 heterocycles. The van der Waals surface area contributed by atoms with E-state index in [1.165, 1.54) is 59.7 Å². The molecule has 12 aromatic rings. The first-order valence-electron chi connectivity index (χ1n) is 19.9. The van der Waals surface area contributed by atoms with Crippen LogP contribution in [0.25, 0.3) is 82.7 Å². The Morgan fingerprint density at radius 2 is 0.759 bits per heavy atom. The predicted octanol–water partition coefficient (Wildman–Crippen LogP) is 10.9. The van der Waals surface area contributed by atoms with Crippen molar-refractivity contribution in [2.45, 2.75) is 0 Å². The predicted molar refractivity (Wildman–Crippen MR) is 245 cm³/mol. The maximum absolute atomic E-state index is 5.47. The van der Waals surface area contributed by atoms with Crippen LogP contribution in [-0.2, 0) is 0 Å². The van der Waals surface area contributed by atoms with Crippen LogP contribution in [0.1, 0.15) is 0 Å². The van der Waals surface area contributed by atoms with E-state index in [4.69, 9.17) is 4.98 Å². The van der Waals surface area contributed by atoms with Gasteiger partial charge in [0, 0.05) is 38.0 Å². The zero-order chi connectivity index (χ0) is 38.2. The van der Waals surface area contributed by atoms with Crippen LogP contribution in [0.3, 0.4) is 0 Å². The monoisotopic (exact) mass is 738 g/mol.